The molecule has 1 aromatic heterocycles. The Balaban J connectivity index is 1.80. The average Bonchev–Trinajstić information content (AvgIpc) is 3.18. The first-order valence-corrected chi connectivity index (χ1v) is 10.9. The fraction of sp³-hybridized carbons (Fsp3) is 0.222. The predicted octanol–water partition coefficient (Wildman–Crippen LogP) is 4.81. The number of ether oxygens (including phenoxy) is 4. The molecule has 0 bridgehead atoms. The summed E-state index contributed by atoms with van der Waals surface area (Å²) in [6, 6.07) is 21.8. The van der Waals surface area contributed by atoms with Crippen LogP contribution in [0.4, 0.5) is 5.82 Å². The van der Waals surface area contributed by atoms with Crippen LogP contribution < -0.4 is 24.7 Å². The first-order chi connectivity index (χ1) is 16.6. The molecule has 0 aliphatic rings. The van der Waals surface area contributed by atoms with Crippen molar-refractivity contribution in [1.29, 1.82) is 0 Å². The molecular formula is C27H29N3O4. The zero-order valence-electron chi connectivity index (χ0n) is 19.9. The Labute approximate surface area is 199 Å². The van der Waals surface area contributed by atoms with Crippen LogP contribution in [0.5, 0.6) is 23.0 Å². The van der Waals surface area contributed by atoms with Crippen molar-refractivity contribution in [2.75, 3.05) is 34.2 Å². The van der Waals surface area contributed by atoms with E-state index in [1.165, 1.54) is 0 Å². The molecule has 0 unspecified atom stereocenters. The van der Waals surface area contributed by atoms with E-state index in [0.717, 1.165) is 27.9 Å². The van der Waals surface area contributed by atoms with E-state index in [4.69, 9.17) is 29.8 Å². The van der Waals surface area contributed by atoms with Crippen LogP contribution in [0.25, 0.3) is 11.1 Å². The third-order valence-corrected chi connectivity index (χ3v) is 5.73. The second-order valence-electron chi connectivity index (χ2n) is 7.79. The van der Waals surface area contributed by atoms with Crippen LogP contribution in [0.15, 0.2) is 66.7 Å². The monoisotopic (exact) mass is 459 g/mol. The highest BCUT2D eigenvalue weighted by Crippen LogP contribution is 2.38. The van der Waals surface area contributed by atoms with Gasteiger partial charge in [-0.1, -0.05) is 42.5 Å². The van der Waals surface area contributed by atoms with Crippen LogP contribution in [0.2, 0.25) is 0 Å². The Hall–Kier alpha value is -4.13. The Bertz CT molecular complexity index is 1270. The van der Waals surface area contributed by atoms with E-state index in [0.29, 0.717) is 41.8 Å². The number of nitrogen functional groups attached to an aromatic ring is 1. The molecule has 0 fully saturated rings. The average molecular weight is 460 g/mol. The summed E-state index contributed by atoms with van der Waals surface area (Å²) in [5.74, 6) is 3.23. The number of aromatic nitrogens is 2. The Kier molecular flexibility index (Phi) is 6.92. The Morgan fingerprint density at radius 1 is 0.706 bits per heavy atom. The maximum absolute atomic E-state index is 6.69. The van der Waals surface area contributed by atoms with Crippen molar-refractivity contribution in [3.8, 4) is 34.1 Å². The fourth-order valence-corrected chi connectivity index (χ4v) is 4.02. The van der Waals surface area contributed by atoms with Gasteiger partial charge in [-0.15, -0.1) is 0 Å². The van der Waals surface area contributed by atoms with E-state index >= 15 is 0 Å². The molecule has 0 aliphatic carbocycles. The van der Waals surface area contributed by atoms with Crippen LogP contribution in [-0.2, 0) is 13.0 Å². The highest BCUT2D eigenvalue weighted by molar-refractivity contribution is 5.79. The van der Waals surface area contributed by atoms with Crippen molar-refractivity contribution in [2.45, 2.75) is 13.0 Å². The molecule has 0 saturated carbocycles. The molecule has 3 aromatic carbocycles. The lowest BCUT2D eigenvalue weighted by Crippen LogP contribution is -2.06. The smallest absolute Gasteiger partial charge is 0.161 e. The Morgan fingerprint density at radius 2 is 1.32 bits per heavy atom. The second kappa shape index (κ2) is 10.2. The lowest BCUT2D eigenvalue weighted by Gasteiger charge is -2.11. The van der Waals surface area contributed by atoms with Crippen molar-refractivity contribution in [2.24, 2.45) is 0 Å². The topological polar surface area (TPSA) is 80.8 Å². The number of nitrogens with zero attached hydrogens (tertiary/aromatic N) is 2. The molecule has 34 heavy (non-hydrogen) atoms. The summed E-state index contributed by atoms with van der Waals surface area (Å²) in [6.45, 7) is 0.568. The van der Waals surface area contributed by atoms with Crippen LogP contribution in [0.1, 0.15) is 16.8 Å². The third kappa shape index (κ3) is 4.64. The second-order valence-corrected chi connectivity index (χ2v) is 7.79. The lowest BCUT2D eigenvalue weighted by atomic mass is 10.00. The maximum atomic E-state index is 6.69. The predicted molar refractivity (Wildman–Crippen MR) is 133 cm³/mol. The molecule has 2 N–H and O–H groups in total. The van der Waals surface area contributed by atoms with Gasteiger partial charge in [-0.2, -0.15) is 5.10 Å². The van der Waals surface area contributed by atoms with E-state index in [9.17, 15) is 0 Å². The summed E-state index contributed by atoms with van der Waals surface area (Å²) in [6.07, 6.45) is 0.565. The number of methoxy groups -OCH3 is 4. The molecule has 0 spiro atoms. The third-order valence-electron chi connectivity index (χ3n) is 5.73. The molecule has 0 atom stereocenters. The van der Waals surface area contributed by atoms with E-state index in [2.05, 4.69) is 12.1 Å². The summed E-state index contributed by atoms with van der Waals surface area (Å²) < 4.78 is 23.7. The van der Waals surface area contributed by atoms with Crippen molar-refractivity contribution < 1.29 is 18.9 Å². The molecule has 7 nitrogen and oxygen atoms in total. The van der Waals surface area contributed by atoms with Gasteiger partial charge < -0.3 is 24.7 Å². The lowest BCUT2D eigenvalue weighted by molar-refractivity contribution is 0.354. The van der Waals surface area contributed by atoms with Crippen LogP contribution in [-0.4, -0.2) is 38.2 Å². The summed E-state index contributed by atoms with van der Waals surface area (Å²) in [5, 5.41) is 4.92. The largest absolute Gasteiger partial charge is 0.493 e. The van der Waals surface area contributed by atoms with Gasteiger partial charge in [0.15, 0.2) is 23.0 Å². The molecule has 0 aliphatic heterocycles. The zero-order valence-corrected chi connectivity index (χ0v) is 19.9. The number of hydrogen-bond acceptors (Lipinski definition) is 6. The molecule has 4 rings (SSSR count). The minimum Gasteiger partial charge on any atom is -0.493 e. The summed E-state index contributed by atoms with van der Waals surface area (Å²) >= 11 is 0. The van der Waals surface area contributed by atoms with Gasteiger partial charge in [-0.25, -0.2) is 4.68 Å². The minimum atomic E-state index is 0.565. The SMILES string of the molecule is COc1ccc(Cc2nn(Cc3ccccc3)c(N)c2-c2ccc(OC)c(OC)c2)cc1OC. The number of anilines is 1. The van der Waals surface area contributed by atoms with Gasteiger partial charge in [0, 0.05) is 12.0 Å². The standard InChI is InChI=1S/C27H29N3O4/c1-31-22-12-10-19(15-24(22)33-3)14-21-26(20-11-13-23(32-2)25(16-20)34-4)27(28)30(29-21)17-18-8-6-5-7-9-18/h5-13,15-16H,14,17,28H2,1-4H3. The number of benzene rings is 3. The van der Waals surface area contributed by atoms with E-state index in [1.54, 1.807) is 28.4 Å². The van der Waals surface area contributed by atoms with Crippen LogP contribution >= 0.6 is 0 Å². The first kappa shape index (κ1) is 23.0. The molecule has 0 saturated heterocycles. The van der Waals surface area contributed by atoms with Crippen molar-refractivity contribution in [1.82, 2.24) is 9.78 Å². The molecule has 4 aromatic rings. The van der Waals surface area contributed by atoms with Crippen molar-refractivity contribution in [3.05, 3.63) is 83.6 Å². The van der Waals surface area contributed by atoms with Crippen molar-refractivity contribution >= 4 is 5.82 Å². The highest BCUT2D eigenvalue weighted by atomic mass is 16.5. The van der Waals surface area contributed by atoms with Crippen molar-refractivity contribution in [3.63, 3.8) is 0 Å². The van der Waals surface area contributed by atoms with Gasteiger partial charge in [-0.05, 0) is 41.0 Å². The number of rotatable bonds is 9. The zero-order chi connectivity index (χ0) is 24.1. The highest BCUT2D eigenvalue weighted by Gasteiger charge is 2.20. The van der Waals surface area contributed by atoms with E-state index in [1.807, 2.05) is 59.3 Å². The molecule has 7 heteroatoms. The molecule has 0 radical (unpaired) electrons. The Morgan fingerprint density at radius 3 is 1.97 bits per heavy atom. The minimum absolute atomic E-state index is 0.565. The molecular weight excluding hydrogens is 430 g/mol. The van der Waals surface area contributed by atoms with Gasteiger partial charge in [0.1, 0.15) is 5.82 Å². The van der Waals surface area contributed by atoms with Gasteiger partial charge in [-0.3, -0.25) is 0 Å². The molecule has 0 amide bonds. The van der Waals surface area contributed by atoms with E-state index in [-0.39, 0.29) is 0 Å². The van der Waals surface area contributed by atoms with Gasteiger partial charge in [0.2, 0.25) is 0 Å². The molecule has 176 valence electrons. The quantitative estimate of drug-likeness (QED) is 0.387. The van der Waals surface area contributed by atoms with Crippen LogP contribution in [0, 0.1) is 0 Å². The maximum Gasteiger partial charge on any atom is 0.161 e. The summed E-state index contributed by atoms with van der Waals surface area (Å²) in [4.78, 5) is 0. The summed E-state index contributed by atoms with van der Waals surface area (Å²) in [7, 11) is 6.49. The number of nitrogens with two attached hydrogens (primary N) is 1. The van der Waals surface area contributed by atoms with Gasteiger partial charge in [0.05, 0.1) is 40.7 Å². The summed E-state index contributed by atoms with van der Waals surface area (Å²) in [5.41, 5.74) is 11.5. The van der Waals surface area contributed by atoms with Gasteiger partial charge in [0.25, 0.3) is 0 Å². The van der Waals surface area contributed by atoms with Gasteiger partial charge >= 0.3 is 0 Å². The van der Waals surface area contributed by atoms with Crippen LogP contribution in [0.3, 0.4) is 0 Å². The normalized spacial score (nSPS) is 10.7. The molecule has 1 heterocycles. The first-order valence-electron chi connectivity index (χ1n) is 10.9. The number of hydrogen-bond donors (Lipinski definition) is 1. The van der Waals surface area contributed by atoms with E-state index < -0.39 is 0 Å². The fourth-order valence-electron chi connectivity index (χ4n) is 4.02.